The minimum absolute atomic E-state index is 0.431. The Balaban J connectivity index is 1.90. The lowest BCUT2D eigenvalue weighted by atomic mass is 10.2. The van der Waals surface area contributed by atoms with Gasteiger partial charge in [-0.15, -0.1) is 0 Å². The van der Waals surface area contributed by atoms with Crippen molar-refractivity contribution in [2.24, 2.45) is 0 Å². The van der Waals surface area contributed by atoms with Gasteiger partial charge in [-0.3, -0.25) is 0 Å². The molecule has 1 N–H and O–H groups in total. The summed E-state index contributed by atoms with van der Waals surface area (Å²) in [6.07, 6.45) is 1.08. The number of thiazole rings is 1. The molecule has 2 aromatic rings. The first-order chi connectivity index (χ1) is 7.83. The Bertz CT molecular complexity index is 503. The number of ether oxygens (including phenoxy) is 1. The van der Waals surface area contributed by atoms with Gasteiger partial charge in [-0.2, -0.15) is 0 Å². The lowest BCUT2D eigenvalue weighted by molar-refractivity contribution is 0.195. The maximum Gasteiger partial charge on any atom is 0.184 e. The first-order valence-corrected chi connectivity index (χ1v) is 6.35. The maximum atomic E-state index is 5.34. The average molecular weight is 234 g/mol. The van der Waals surface area contributed by atoms with Gasteiger partial charge in [0, 0.05) is 6.61 Å². The zero-order valence-electron chi connectivity index (χ0n) is 9.19. The Morgan fingerprint density at radius 2 is 2.44 bits per heavy atom. The van der Waals surface area contributed by atoms with Gasteiger partial charge in [0.15, 0.2) is 5.13 Å². The topological polar surface area (TPSA) is 34.1 Å². The van der Waals surface area contributed by atoms with Crippen molar-refractivity contribution in [3.05, 3.63) is 23.8 Å². The number of benzene rings is 1. The van der Waals surface area contributed by atoms with E-state index in [2.05, 4.69) is 35.4 Å². The number of aryl methyl sites for hydroxylation is 1. The summed E-state index contributed by atoms with van der Waals surface area (Å²) in [5, 5.41) is 4.45. The van der Waals surface area contributed by atoms with Gasteiger partial charge in [0.1, 0.15) is 0 Å². The lowest BCUT2D eigenvalue weighted by Crippen LogP contribution is -2.18. The number of nitrogens with zero attached hydrogens (tertiary/aromatic N) is 1. The van der Waals surface area contributed by atoms with Gasteiger partial charge in [-0.1, -0.05) is 23.5 Å². The second-order valence-corrected chi connectivity index (χ2v) is 5.18. The molecule has 3 rings (SSSR count). The van der Waals surface area contributed by atoms with Crippen molar-refractivity contribution >= 4 is 26.7 Å². The van der Waals surface area contributed by atoms with Gasteiger partial charge >= 0.3 is 0 Å². The third kappa shape index (κ3) is 1.79. The molecule has 16 heavy (non-hydrogen) atoms. The van der Waals surface area contributed by atoms with Crippen molar-refractivity contribution in [1.29, 1.82) is 0 Å². The molecular formula is C12H14N2OS. The third-order valence-electron chi connectivity index (χ3n) is 2.88. The number of hydrogen-bond donors (Lipinski definition) is 1. The van der Waals surface area contributed by atoms with Gasteiger partial charge in [0.25, 0.3) is 0 Å². The average Bonchev–Trinajstić information content (AvgIpc) is 2.88. The molecule has 1 aliphatic rings. The van der Waals surface area contributed by atoms with Gasteiger partial charge < -0.3 is 10.1 Å². The van der Waals surface area contributed by atoms with E-state index in [0.717, 1.165) is 30.3 Å². The molecule has 1 unspecified atom stereocenters. The van der Waals surface area contributed by atoms with Crippen LogP contribution >= 0.6 is 11.3 Å². The van der Waals surface area contributed by atoms with Crippen molar-refractivity contribution < 1.29 is 4.74 Å². The van der Waals surface area contributed by atoms with E-state index in [9.17, 15) is 0 Å². The van der Waals surface area contributed by atoms with Gasteiger partial charge in [-0.25, -0.2) is 4.98 Å². The molecule has 4 heteroatoms. The Hall–Kier alpha value is -1.13. The molecule has 0 aliphatic carbocycles. The Labute approximate surface area is 98.5 Å². The normalized spacial score (nSPS) is 20.4. The highest BCUT2D eigenvalue weighted by Gasteiger charge is 2.16. The number of aromatic nitrogens is 1. The Morgan fingerprint density at radius 1 is 1.50 bits per heavy atom. The summed E-state index contributed by atoms with van der Waals surface area (Å²) >= 11 is 1.72. The third-order valence-corrected chi connectivity index (χ3v) is 3.83. The monoisotopic (exact) mass is 234 g/mol. The lowest BCUT2D eigenvalue weighted by Gasteiger charge is -2.07. The highest BCUT2D eigenvalue weighted by atomic mass is 32.1. The first-order valence-electron chi connectivity index (χ1n) is 5.53. The summed E-state index contributed by atoms with van der Waals surface area (Å²) in [5.74, 6) is 0. The number of fused-ring (bicyclic) bond motifs is 1. The number of rotatable bonds is 2. The summed E-state index contributed by atoms with van der Waals surface area (Å²) in [5.41, 5.74) is 2.36. The van der Waals surface area contributed by atoms with Crippen LogP contribution in [0.5, 0.6) is 0 Å². The summed E-state index contributed by atoms with van der Waals surface area (Å²) < 4.78 is 6.59. The van der Waals surface area contributed by atoms with Crippen LogP contribution in [-0.4, -0.2) is 24.2 Å². The highest BCUT2D eigenvalue weighted by molar-refractivity contribution is 7.22. The molecule has 1 saturated heterocycles. The summed E-state index contributed by atoms with van der Waals surface area (Å²) in [6, 6.07) is 6.74. The molecule has 1 aliphatic heterocycles. The quantitative estimate of drug-likeness (QED) is 0.867. The smallest absolute Gasteiger partial charge is 0.184 e. The largest absolute Gasteiger partial charge is 0.379 e. The van der Waals surface area contributed by atoms with Crippen LogP contribution in [0.15, 0.2) is 18.2 Å². The SMILES string of the molecule is Cc1cccc2sc(NC3CCOC3)nc12. The first kappa shape index (κ1) is 10.1. The molecule has 1 aromatic heterocycles. The summed E-state index contributed by atoms with van der Waals surface area (Å²) in [4.78, 5) is 4.63. The standard InChI is InChI=1S/C12H14N2OS/c1-8-3-2-4-10-11(8)14-12(16-10)13-9-5-6-15-7-9/h2-4,9H,5-7H2,1H3,(H,13,14). The van der Waals surface area contributed by atoms with Crippen LogP contribution in [0.3, 0.4) is 0 Å². The summed E-state index contributed by atoms with van der Waals surface area (Å²) in [7, 11) is 0. The molecule has 1 aromatic carbocycles. The number of anilines is 1. The number of nitrogens with one attached hydrogen (secondary N) is 1. The van der Waals surface area contributed by atoms with Crippen LogP contribution in [-0.2, 0) is 4.74 Å². The molecule has 0 saturated carbocycles. The van der Waals surface area contributed by atoms with E-state index < -0.39 is 0 Å². The highest BCUT2D eigenvalue weighted by Crippen LogP contribution is 2.28. The number of hydrogen-bond acceptors (Lipinski definition) is 4. The van der Waals surface area contributed by atoms with E-state index in [0.29, 0.717) is 6.04 Å². The van der Waals surface area contributed by atoms with E-state index in [-0.39, 0.29) is 0 Å². The maximum absolute atomic E-state index is 5.34. The van der Waals surface area contributed by atoms with Crippen molar-refractivity contribution in [2.75, 3.05) is 18.5 Å². The summed E-state index contributed by atoms with van der Waals surface area (Å²) in [6.45, 7) is 3.76. The fourth-order valence-corrected chi connectivity index (χ4v) is 2.99. The zero-order valence-corrected chi connectivity index (χ0v) is 10.0. The van der Waals surface area contributed by atoms with Crippen LogP contribution in [0.4, 0.5) is 5.13 Å². The van der Waals surface area contributed by atoms with Crippen molar-refractivity contribution in [2.45, 2.75) is 19.4 Å². The van der Waals surface area contributed by atoms with Crippen LogP contribution in [0.1, 0.15) is 12.0 Å². The van der Waals surface area contributed by atoms with Gasteiger partial charge in [0.2, 0.25) is 0 Å². The Kier molecular flexibility index (Phi) is 2.53. The molecular weight excluding hydrogens is 220 g/mol. The van der Waals surface area contributed by atoms with Crippen LogP contribution in [0, 0.1) is 6.92 Å². The van der Waals surface area contributed by atoms with E-state index in [4.69, 9.17) is 4.74 Å². The molecule has 1 atom stereocenters. The predicted octanol–water partition coefficient (Wildman–Crippen LogP) is 2.81. The predicted molar refractivity (Wildman–Crippen MR) is 67.2 cm³/mol. The molecule has 0 spiro atoms. The molecule has 0 radical (unpaired) electrons. The second kappa shape index (κ2) is 4.03. The fraction of sp³-hybridized carbons (Fsp3) is 0.417. The molecule has 84 valence electrons. The van der Waals surface area contributed by atoms with Crippen molar-refractivity contribution in [3.8, 4) is 0 Å². The van der Waals surface area contributed by atoms with Crippen LogP contribution < -0.4 is 5.32 Å². The number of para-hydroxylation sites is 1. The van der Waals surface area contributed by atoms with Gasteiger partial charge in [0.05, 0.1) is 22.9 Å². The van der Waals surface area contributed by atoms with Crippen LogP contribution in [0.2, 0.25) is 0 Å². The Morgan fingerprint density at radius 3 is 3.19 bits per heavy atom. The molecule has 0 bridgehead atoms. The van der Waals surface area contributed by atoms with E-state index in [1.807, 2.05) is 0 Å². The molecule has 0 amide bonds. The van der Waals surface area contributed by atoms with Gasteiger partial charge in [-0.05, 0) is 25.0 Å². The zero-order chi connectivity index (χ0) is 11.0. The van der Waals surface area contributed by atoms with Crippen molar-refractivity contribution in [3.63, 3.8) is 0 Å². The molecule has 1 fully saturated rings. The minimum atomic E-state index is 0.431. The molecule has 2 heterocycles. The van der Waals surface area contributed by atoms with Crippen molar-refractivity contribution in [1.82, 2.24) is 4.98 Å². The van der Waals surface area contributed by atoms with E-state index in [1.165, 1.54) is 10.3 Å². The minimum Gasteiger partial charge on any atom is -0.379 e. The fourth-order valence-electron chi connectivity index (χ4n) is 1.97. The van der Waals surface area contributed by atoms with E-state index in [1.54, 1.807) is 11.3 Å². The van der Waals surface area contributed by atoms with E-state index >= 15 is 0 Å². The molecule has 3 nitrogen and oxygen atoms in total. The van der Waals surface area contributed by atoms with Crippen LogP contribution in [0.25, 0.3) is 10.2 Å². The second-order valence-electron chi connectivity index (χ2n) is 4.15.